The third kappa shape index (κ3) is 5.22. The number of hydrogen-bond donors (Lipinski definition) is 0. The summed E-state index contributed by atoms with van der Waals surface area (Å²) in [5.41, 5.74) is 11.4. The first-order valence-electron chi connectivity index (χ1n) is 17.3. The normalized spacial score (nSPS) is 11.5. The summed E-state index contributed by atoms with van der Waals surface area (Å²) in [6.07, 6.45) is 4.12. The van der Waals surface area contributed by atoms with E-state index in [0.29, 0.717) is 17.5 Å². The van der Waals surface area contributed by atoms with Gasteiger partial charge in [0.05, 0.1) is 16.7 Å². The van der Waals surface area contributed by atoms with Crippen molar-refractivity contribution in [2.45, 2.75) is 0 Å². The summed E-state index contributed by atoms with van der Waals surface area (Å²) in [5, 5.41) is 2.42. The van der Waals surface area contributed by atoms with Crippen molar-refractivity contribution in [3.63, 3.8) is 0 Å². The molecule has 0 radical (unpaired) electrons. The summed E-state index contributed by atoms with van der Waals surface area (Å²) >= 11 is 0. The van der Waals surface area contributed by atoms with E-state index in [0.717, 1.165) is 61.4 Å². The Bertz CT molecular complexity index is 2800. The molecule has 0 bridgehead atoms. The number of aromatic nitrogens is 6. The highest BCUT2D eigenvalue weighted by molar-refractivity contribution is 6.10. The number of benzene rings is 6. The number of hydrogen-bond acceptors (Lipinski definition) is 4. The summed E-state index contributed by atoms with van der Waals surface area (Å²) in [5.74, 6) is 1.93. The molecule has 52 heavy (non-hydrogen) atoms. The van der Waals surface area contributed by atoms with Crippen molar-refractivity contribution in [3.8, 4) is 62.2 Å². The average molecular weight is 667 g/mol. The van der Waals surface area contributed by atoms with Crippen LogP contribution in [0.1, 0.15) is 0 Å². The van der Waals surface area contributed by atoms with E-state index in [-0.39, 0.29) is 0 Å². The quantitative estimate of drug-likeness (QED) is 0.177. The molecule has 0 spiro atoms. The van der Waals surface area contributed by atoms with E-state index in [4.69, 9.17) is 19.9 Å². The molecule has 6 heteroatoms. The molecule has 10 aromatic rings. The predicted octanol–water partition coefficient (Wildman–Crippen LogP) is 11.0. The van der Waals surface area contributed by atoms with Gasteiger partial charge in [-0.15, -0.1) is 0 Å². The van der Waals surface area contributed by atoms with Gasteiger partial charge < -0.3 is 8.97 Å². The Morgan fingerprint density at radius 2 is 0.923 bits per heavy atom. The second kappa shape index (κ2) is 12.3. The van der Waals surface area contributed by atoms with Gasteiger partial charge in [0.1, 0.15) is 5.65 Å². The molecule has 0 saturated heterocycles. The molecule has 244 valence electrons. The van der Waals surface area contributed by atoms with Gasteiger partial charge in [-0.2, -0.15) is 0 Å². The fraction of sp³-hybridized carbons (Fsp3) is 0. The molecule has 0 amide bonds. The lowest BCUT2D eigenvalue weighted by Crippen LogP contribution is -2.00. The van der Waals surface area contributed by atoms with Crippen LogP contribution in [0, 0.1) is 0 Å². The van der Waals surface area contributed by atoms with Crippen molar-refractivity contribution in [3.05, 3.63) is 182 Å². The zero-order valence-electron chi connectivity index (χ0n) is 28.0. The van der Waals surface area contributed by atoms with Crippen LogP contribution in [0.4, 0.5) is 0 Å². The number of fused-ring (bicyclic) bond motifs is 4. The van der Waals surface area contributed by atoms with Crippen LogP contribution < -0.4 is 0 Å². The summed E-state index contributed by atoms with van der Waals surface area (Å²) < 4.78 is 4.41. The lowest BCUT2D eigenvalue weighted by Gasteiger charge is -2.11. The number of nitrogens with zero attached hydrogens (tertiary/aromatic N) is 6. The van der Waals surface area contributed by atoms with Crippen molar-refractivity contribution in [1.29, 1.82) is 0 Å². The highest BCUT2D eigenvalue weighted by Crippen LogP contribution is 2.36. The van der Waals surface area contributed by atoms with Gasteiger partial charge in [-0.05, 0) is 65.7 Å². The number of imidazole rings is 1. The molecule has 0 fully saturated rings. The SMILES string of the molecule is c1ccc(-c2nc(-c3ccccc3)nc(-c3ccc(-n4c5ccccc5c5ccc(-c6cccc(-c7cn8ccccc8n7)c6)cc54)cc3)n2)cc1. The highest BCUT2D eigenvalue weighted by atomic mass is 15.0. The van der Waals surface area contributed by atoms with Gasteiger partial charge >= 0.3 is 0 Å². The van der Waals surface area contributed by atoms with E-state index in [1.807, 2.05) is 85.1 Å². The fourth-order valence-electron chi connectivity index (χ4n) is 7.06. The Balaban J connectivity index is 1.07. The smallest absolute Gasteiger partial charge is 0.164 e. The van der Waals surface area contributed by atoms with Crippen LogP contribution in [0.25, 0.3) is 89.7 Å². The molecule has 0 unspecified atom stereocenters. The van der Waals surface area contributed by atoms with Crippen LogP contribution >= 0.6 is 0 Å². The average Bonchev–Trinajstić information content (AvgIpc) is 3.81. The molecular formula is C46H30N6. The lowest BCUT2D eigenvalue weighted by atomic mass is 10.0. The maximum absolute atomic E-state index is 4.94. The summed E-state index contributed by atoms with van der Waals surface area (Å²) in [4.78, 5) is 19.6. The minimum absolute atomic E-state index is 0.634. The van der Waals surface area contributed by atoms with Crippen molar-refractivity contribution >= 4 is 27.5 Å². The molecule has 0 aliphatic rings. The van der Waals surface area contributed by atoms with E-state index in [9.17, 15) is 0 Å². The van der Waals surface area contributed by atoms with Gasteiger partial charge in [0.15, 0.2) is 17.5 Å². The highest BCUT2D eigenvalue weighted by Gasteiger charge is 2.16. The van der Waals surface area contributed by atoms with Crippen LogP contribution in [0.15, 0.2) is 182 Å². The first-order chi connectivity index (χ1) is 25.7. The second-order valence-electron chi connectivity index (χ2n) is 12.8. The molecule has 0 N–H and O–H groups in total. The van der Waals surface area contributed by atoms with Crippen LogP contribution in [0.2, 0.25) is 0 Å². The van der Waals surface area contributed by atoms with Gasteiger partial charge in [-0.25, -0.2) is 19.9 Å². The van der Waals surface area contributed by atoms with Crippen LogP contribution in [-0.4, -0.2) is 28.9 Å². The Kier molecular flexibility index (Phi) is 7.03. The maximum Gasteiger partial charge on any atom is 0.164 e. The number of pyridine rings is 1. The van der Waals surface area contributed by atoms with Gasteiger partial charge in [0.2, 0.25) is 0 Å². The van der Waals surface area contributed by atoms with Gasteiger partial charge in [-0.3, -0.25) is 0 Å². The van der Waals surface area contributed by atoms with Crippen LogP contribution in [-0.2, 0) is 0 Å². The zero-order valence-corrected chi connectivity index (χ0v) is 28.0. The minimum Gasteiger partial charge on any atom is -0.309 e. The van der Waals surface area contributed by atoms with Crippen LogP contribution in [0.5, 0.6) is 0 Å². The van der Waals surface area contributed by atoms with E-state index >= 15 is 0 Å². The molecule has 0 aliphatic heterocycles. The number of rotatable bonds is 6. The topological polar surface area (TPSA) is 60.9 Å². The van der Waals surface area contributed by atoms with Crippen molar-refractivity contribution < 1.29 is 0 Å². The largest absolute Gasteiger partial charge is 0.309 e. The molecule has 10 rings (SSSR count). The summed E-state index contributed by atoms with van der Waals surface area (Å²) in [7, 11) is 0. The Labute approximate surface area is 300 Å². The molecule has 6 aromatic carbocycles. The van der Waals surface area contributed by atoms with Gasteiger partial charge in [-0.1, -0.05) is 115 Å². The molecule has 0 aliphatic carbocycles. The molecule has 4 aromatic heterocycles. The van der Waals surface area contributed by atoms with Crippen molar-refractivity contribution in [1.82, 2.24) is 28.9 Å². The van der Waals surface area contributed by atoms with Crippen molar-refractivity contribution in [2.24, 2.45) is 0 Å². The maximum atomic E-state index is 4.94. The summed E-state index contributed by atoms with van der Waals surface area (Å²) in [6.45, 7) is 0. The number of para-hydroxylation sites is 1. The molecule has 4 heterocycles. The van der Waals surface area contributed by atoms with Crippen molar-refractivity contribution in [2.75, 3.05) is 0 Å². The van der Waals surface area contributed by atoms with E-state index < -0.39 is 0 Å². The van der Waals surface area contributed by atoms with Crippen LogP contribution in [0.3, 0.4) is 0 Å². The zero-order chi connectivity index (χ0) is 34.4. The lowest BCUT2D eigenvalue weighted by molar-refractivity contribution is 1.07. The Hall–Kier alpha value is -7.18. The Morgan fingerprint density at radius 3 is 1.63 bits per heavy atom. The third-order valence-corrected chi connectivity index (χ3v) is 9.61. The first-order valence-corrected chi connectivity index (χ1v) is 17.3. The third-order valence-electron chi connectivity index (χ3n) is 9.61. The van der Waals surface area contributed by atoms with E-state index in [1.165, 1.54) is 10.8 Å². The summed E-state index contributed by atoms with van der Waals surface area (Å²) in [6, 6.07) is 58.8. The molecule has 0 atom stereocenters. The minimum atomic E-state index is 0.634. The Morgan fingerprint density at radius 1 is 0.365 bits per heavy atom. The molecular weight excluding hydrogens is 637 g/mol. The van der Waals surface area contributed by atoms with E-state index in [1.54, 1.807) is 0 Å². The van der Waals surface area contributed by atoms with Gasteiger partial charge in [0, 0.05) is 51.1 Å². The van der Waals surface area contributed by atoms with Gasteiger partial charge in [0.25, 0.3) is 0 Å². The predicted molar refractivity (Wildman–Crippen MR) is 210 cm³/mol. The fourth-order valence-corrected chi connectivity index (χ4v) is 7.06. The molecule has 0 saturated carbocycles. The first kappa shape index (κ1) is 29.7. The second-order valence-corrected chi connectivity index (χ2v) is 12.8. The standard InChI is InChI=1S/C46H30N6/c1-3-12-31(13-4-1)44-48-45(32-14-5-2-6-15-32)50-46(49-44)33-21-24-37(25-22-33)52-41-19-8-7-18-38(41)39-26-23-35(29-42(39)52)34-16-11-17-36(28-34)40-30-51-27-10-9-20-43(51)47-40/h1-30H. The monoisotopic (exact) mass is 666 g/mol. The molecule has 6 nitrogen and oxygen atoms in total. The van der Waals surface area contributed by atoms with E-state index in [2.05, 4.69) is 106 Å².